The predicted octanol–water partition coefficient (Wildman–Crippen LogP) is 5.74. The van der Waals surface area contributed by atoms with E-state index in [2.05, 4.69) is 15.3 Å². The maximum atomic E-state index is 13.1. The van der Waals surface area contributed by atoms with Crippen LogP contribution in [0.2, 0.25) is 0 Å². The summed E-state index contributed by atoms with van der Waals surface area (Å²) >= 11 is 0. The number of alkyl halides is 3. The quantitative estimate of drug-likeness (QED) is 0.277. The zero-order valence-corrected chi connectivity index (χ0v) is 23.1. The van der Waals surface area contributed by atoms with Crippen LogP contribution in [0.1, 0.15) is 66.2 Å². The number of amides is 1. The lowest BCUT2D eigenvalue weighted by atomic mass is 10.1. The molecule has 2 aromatic carbocycles. The molecule has 1 fully saturated rings. The maximum Gasteiger partial charge on any atom is 0.416 e. The van der Waals surface area contributed by atoms with Gasteiger partial charge in [-0.2, -0.15) is 13.2 Å². The Balaban J connectivity index is 1.40. The lowest BCUT2D eigenvalue weighted by molar-refractivity contribution is -0.145. The predicted molar refractivity (Wildman–Crippen MR) is 145 cm³/mol. The Morgan fingerprint density at radius 2 is 1.80 bits per heavy atom. The number of ether oxygens (including phenoxy) is 3. The summed E-state index contributed by atoms with van der Waals surface area (Å²) in [5.74, 6) is 0.908. The van der Waals surface area contributed by atoms with Gasteiger partial charge in [0, 0.05) is 36.7 Å². The van der Waals surface area contributed by atoms with Crippen molar-refractivity contribution in [2.75, 3.05) is 20.3 Å². The Morgan fingerprint density at radius 1 is 1.10 bits per heavy atom. The Kier molecular flexibility index (Phi) is 9.46. The smallest absolute Gasteiger partial charge is 0.416 e. The van der Waals surface area contributed by atoms with Crippen LogP contribution >= 0.6 is 0 Å². The molecular weight excluding hydrogens is 539 g/mol. The van der Waals surface area contributed by atoms with Gasteiger partial charge < -0.3 is 19.5 Å². The molecule has 1 heterocycles. The molecule has 1 saturated carbocycles. The van der Waals surface area contributed by atoms with E-state index in [1.54, 1.807) is 27.0 Å². The van der Waals surface area contributed by atoms with Crippen molar-refractivity contribution in [1.82, 2.24) is 15.3 Å². The van der Waals surface area contributed by atoms with Gasteiger partial charge in [-0.15, -0.1) is 0 Å². The van der Waals surface area contributed by atoms with E-state index in [1.807, 2.05) is 12.1 Å². The molecule has 1 N–H and O–H groups in total. The summed E-state index contributed by atoms with van der Waals surface area (Å²) in [7, 11) is 1.55. The van der Waals surface area contributed by atoms with Gasteiger partial charge >= 0.3 is 12.1 Å². The SMILES string of the molecule is CCC(=O)OCC(C)Oc1cc(CCNC(=O)c2cnc(-c3ccc(C(F)(F)F)cc3)nc2C2CC2)cc(OC)c1. The van der Waals surface area contributed by atoms with Crippen molar-refractivity contribution < 1.29 is 37.0 Å². The molecule has 0 spiro atoms. The summed E-state index contributed by atoms with van der Waals surface area (Å²) in [4.78, 5) is 33.3. The summed E-state index contributed by atoms with van der Waals surface area (Å²) in [5, 5.41) is 2.91. The number of benzene rings is 2. The first kappa shape index (κ1) is 29.8. The van der Waals surface area contributed by atoms with E-state index >= 15 is 0 Å². The topological polar surface area (TPSA) is 99.6 Å². The highest BCUT2D eigenvalue weighted by Gasteiger charge is 2.32. The molecule has 1 amide bonds. The van der Waals surface area contributed by atoms with E-state index in [4.69, 9.17) is 14.2 Å². The molecule has 1 atom stereocenters. The van der Waals surface area contributed by atoms with Crippen molar-refractivity contribution in [3.05, 3.63) is 71.0 Å². The maximum absolute atomic E-state index is 13.1. The van der Waals surface area contributed by atoms with Crippen LogP contribution in [0, 0.1) is 0 Å². The molecule has 1 aromatic heterocycles. The highest BCUT2D eigenvalue weighted by Crippen LogP contribution is 2.41. The fourth-order valence-corrected chi connectivity index (χ4v) is 4.14. The van der Waals surface area contributed by atoms with Crippen LogP contribution in [0.5, 0.6) is 11.5 Å². The Hall–Kier alpha value is -4.15. The fourth-order valence-electron chi connectivity index (χ4n) is 4.14. The second-order valence-electron chi connectivity index (χ2n) is 9.83. The number of carbonyl (C=O) groups excluding carboxylic acids is 2. The molecule has 11 heteroatoms. The van der Waals surface area contributed by atoms with Crippen LogP contribution in [0.15, 0.2) is 48.7 Å². The number of aromatic nitrogens is 2. The first-order chi connectivity index (χ1) is 19.6. The number of carbonyl (C=O) groups is 2. The number of nitrogens with zero attached hydrogens (tertiary/aromatic N) is 2. The highest BCUT2D eigenvalue weighted by molar-refractivity contribution is 5.95. The average Bonchev–Trinajstić information content (AvgIpc) is 3.80. The minimum Gasteiger partial charge on any atom is -0.497 e. The number of hydrogen-bond acceptors (Lipinski definition) is 7. The third-order valence-corrected chi connectivity index (χ3v) is 6.48. The minimum atomic E-state index is -4.43. The summed E-state index contributed by atoms with van der Waals surface area (Å²) < 4.78 is 55.2. The van der Waals surface area contributed by atoms with Crippen LogP contribution < -0.4 is 14.8 Å². The van der Waals surface area contributed by atoms with Gasteiger partial charge in [0.1, 0.15) is 24.2 Å². The van der Waals surface area contributed by atoms with E-state index in [0.29, 0.717) is 47.7 Å². The van der Waals surface area contributed by atoms with E-state index in [1.165, 1.54) is 18.3 Å². The molecule has 8 nitrogen and oxygen atoms in total. The van der Waals surface area contributed by atoms with Crippen LogP contribution in [0.3, 0.4) is 0 Å². The Labute approximate surface area is 236 Å². The van der Waals surface area contributed by atoms with Crippen molar-refractivity contribution in [1.29, 1.82) is 0 Å². The van der Waals surface area contributed by atoms with E-state index in [0.717, 1.165) is 30.5 Å². The van der Waals surface area contributed by atoms with Gasteiger partial charge in [-0.05, 0) is 56.0 Å². The van der Waals surface area contributed by atoms with E-state index < -0.39 is 11.7 Å². The third-order valence-electron chi connectivity index (χ3n) is 6.48. The molecule has 0 bridgehead atoms. The normalized spacial score (nSPS) is 13.8. The van der Waals surface area contributed by atoms with Crippen LogP contribution in [-0.2, 0) is 22.1 Å². The van der Waals surface area contributed by atoms with Gasteiger partial charge in [-0.3, -0.25) is 9.59 Å². The zero-order chi connectivity index (χ0) is 29.6. The number of halogens is 3. The molecule has 3 aromatic rings. The number of esters is 1. The number of hydrogen-bond donors (Lipinski definition) is 1. The van der Waals surface area contributed by atoms with Gasteiger partial charge in [0.2, 0.25) is 0 Å². The molecule has 1 aliphatic carbocycles. The van der Waals surface area contributed by atoms with Crippen molar-refractivity contribution >= 4 is 11.9 Å². The molecule has 1 aliphatic rings. The second kappa shape index (κ2) is 13.0. The largest absolute Gasteiger partial charge is 0.497 e. The fraction of sp³-hybridized carbons (Fsp3) is 0.400. The van der Waals surface area contributed by atoms with Crippen molar-refractivity contribution in [3.63, 3.8) is 0 Å². The lowest BCUT2D eigenvalue weighted by Gasteiger charge is -2.16. The van der Waals surface area contributed by atoms with Gasteiger partial charge in [0.25, 0.3) is 5.91 Å². The molecule has 4 rings (SSSR count). The molecular formula is C30H32F3N3O5. The standard InChI is InChI=1S/C30H32F3N3O5/c1-4-26(37)40-17-18(2)41-24-14-19(13-23(15-24)39-3)11-12-34-29(38)25-16-35-28(36-27(25)20-5-6-20)21-7-9-22(10-8-21)30(31,32)33/h7-10,13-16,18,20H,4-6,11-12,17H2,1-3H3,(H,34,38). The minimum absolute atomic E-state index is 0.114. The second-order valence-corrected chi connectivity index (χ2v) is 9.83. The summed E-state index contributed by atoms with van der Waals surface area (Å²) in [6.07, 6.45) is -0.812. The van der Waals surface area contributed by atoms with Crippen molar-refractivity contribution in [2.45, 2.75) is 57.7 Å². The Bertz CT molecular complexity index is 1370. The zero-order valence-electron chi connectivity index (χ0n) is 23.1. The average molecular weight is 572 g/mol. The summed E-state index contributed by atoms with van der Waals surface area (Å²) in [6.45, 7) is 3.96. The number of nitrogens with one attached hydrogen (secondary N) is 1. The van der Waals surface area contributed by atoms with Crippen LogP contribution in [0.25, 0.3) is 11.4 Å². The molecule has 0 radical (unpaired) electrons. The molecule has 1 unspecified atom stereocenters. The van der Waals surface area contributed by atoms with Gasteiger partial charge in [-0.25, -0.2) is 9.97 Å². The van der Waals surface area contributed by atoms with Crippen LogP contribution in [0.4, 0.5) is 13.2 Å². The number of rotatable bonds is 12. The van der Waals surface area contributed by atoms with Gasteiger partial charge in [-0.1, -0.05) is 19.1 Å². The number of methoxy groups -OCH3 is 1. The Morgan fingerprint density at radius 3 is 2.44 bits per heavy atom. The molecule has 0 aliphatic heterocycles. The lowest BCUT2D eigenvalue weighted by Crippen LogP contribution is -2.27. The van der Waals surface area contributed by atoms with Gasteiger partial charge in [0.15, 0.2) is 5.82 Å². The van der Waals surface area contributed by atoms with Gasteiger partial charge in [0.05, 0.1) is 23.9 Å². The summed E-state index contributed by atoms with van der Waals surface area (Å²) in [6, 6.07) is 10.1. The first-order valence-electron chi connectivity index (χ1n) is 13.4. The molecule has 41 heavy (non-hydrogen) atoms. The first-order valence-corrected chi connectivity index (χ1v) is 13.4. The summed E-state index contributed by atoms with van der Waals surface area (Å²) in [5.41, 5.74) is 1.52. The highest BCUT2D eigenvalue weighted by atomic mass is 19.4. The van der Waals surface area contributed by atoms with Crippen LogP contribution in [-0.4, -0.2) is 48.2 Å². The monoisotopic (exact) mass is 571 g/mol. The molecule has 0 saturated heterocycles. The van der Waals surface area contributed by atoms with Crippen molar-refractivity contribution in [2.24, 2.45) is 0 Å². The third kappa shape index (κ3) is 8.18. The van der Waals surface area contributed by atoms with E-state index in [-0.39, 0.29) is 36.3 Å². The molecule has 218 valence electrons. The van der Waals surface area contributed by atoms with Crippen molar-refractivity contribution in [3.8, 4) is 22.9 Å². The van der Waals surface area contributed by atoms with E-state index in [9.17, 15) is 22.8 Å².